The number of nitrogens with zero attached hydrogens (tertiary/aromatic N) is 5. The third-order valence-electron chi connectivity index (χ3n) is 4.95. The van der Waals surface area contributed by atoms with Crippen LogP contribution in [0.4, 0.5) is 5.82 Å². The van der Waals surface area contributed by atoms with Crippen molar-refractivity contribution in [2.45, 2.75) is 25.8 Å². The molecule has 7 nitrogen and oxygen atoms in total. The Morgan fingerprint density at radius 1 is 1.07 bits per heavy atom. The molecular weight excluding hydrogens is 352 g/mol. The minimum Gasteiger partial charge on any atom is -0.310 e. The average Bonchev–Trinajstić information content (AvgIpc) is 3.24. The van der Waals surface area contributed by atoms with Crippen LogP contribution in [-0.4, -0.2) is 30.1 Å². The van der Waals surface area contributed by atoms with Gasteiger partial charge in [0.1, 0.15) is 5.82 Å². The number of nitrogens with one attached hydrogen (secondary N) is 1. The predicted octanol–water partition coefficient (Wildman–Crippen LogP) is 3.38. The molecule has 1 amide bonds. The van der Waals surface area contributed by atoms with Crippen molar-refractivity contribution in [2.75, 3.05) is 5.32 Å². The van der Waals surface area contributed by atoms with E-state index in [4.69, 9.17) is 0 Å². The van der Waals surface area contributed by atoms with Gasteiger partial charge in [0.2, 0.25) is 5.91 Å². The van der Waals surface area contributed by atoms with Crippen LogP contribution in [0.25, 0.3) is 16.9 Å². The van der Waals surface area contributed by atoms with Gasteiger partial charge in [0.15, 0.2) is 5.65 Å². The third kappa shape index (κ3) is 3.51. The molecule has 0 saturated heterocycles. The fourth-order valence-corrected chi connectivity index (χ4v) is 3.26. The molecule has 1 aliphatic rings. The molecule has 0 spiro atoms. The highest BCUT2D eigenvalue weighted by Crippen LogP contribution is 2.32. The van der Waals surface area contributed by atoms with E-state index in [1.807, 2.05) is 39.7 Å². The van der Waals surface area contributed by atoms with Crippen LogP contribution in [0.15, 0.2) is 61.3 Å². The number of carbonyl (C=O) groups excluding carboxylic acids is 1. The van der Waals surface area contributed by atoms with Gasteiger partial charge in [-0.1, -0.05) is 30.3 Å². The normalized spacial score (nSPS) is 13.7. The van der Waals surface area contributed by atoms with E-state index < -0.39 is 0 Å². The molecule has 1 saturated carbocycles. The van der Waals surface area contributed by atoms with E-state index in [0.717, 1.165) is 24.1 Å². The second-order valence-corrected chi connectivity index (χ2v) is 7.25. The zero-order chi connectivity index (χ0) is 18.9. The molecular formula is C21H20N6O. The summed E-state index contributed by atoms with van der Waals surface area (Å²) >= 11 is 0. The number of anilines is 1. The van der Waals surface area contributed by atoms with Crippen molar-refractivity contribution >= 4 is 17.4 Å². The number of carbonyl (C=O) groups is 1. The van der Waals surface area contributed by atoms with Crippen LogP contribution in [0.2, 0.25) is 0 Å². The zero-order valence-electron chi connectivity index (χ0n) is 15.3. The van der Waals surface area contributed by atoms with Gasteiger partial charge < -0.3 is 5.32 Å². The van der Waals surface area contributed by atoms with Crippen molar-refractivity contribution in [1.82, 2.24) is 24.1 Å². The van der Waals surface area contributed by atoms with Crippen molar-refractivity contribution in [3.05, 3.63) is 66.9 Å². The van der Waals surface area contributed by atoms with Crippen LogP contribution >= 0.6 is 0 Å². The fraction of sp³-hybridized carbons (Fsp3) is 0.238. The molecule has 1 aromatic carbocycles. The summed E-state index contributed by atoms with van der Waals surface area (Å²) in [5, 5.41) is 7.41. The molecule has 4 aromatic rings. The lowest BCUT2D eigenvalue weighted by Crippen LogP contribution is -2.13. The van der Waals surface area contributed by atoms with Gasteiger partial charge in [-0.2, -0.15) is 5.10 Å². The van der Waals surface area contributed by atoms with Gasteiger partial charge in [-0.3, -0.25) is 18.9 Å². The van der Waals surface area contributed by atoms with E-state index in [2.05, 4.69) is 32.5 Å². The molecule has 28 heavy (non-hydrogen) atoms. The summed E-state index contributed by atoms with van der Waals surface area (Å²) < 4.78 is 3.75. The highest BCUT2D eigenvalue weighted by molar-refractivity contribution is 5.90. The lowest BCUT2D eigenvalue weighted by Gasteiger charge is -2.05. The number of aromatic nitrogens is 5. The molecule has 1 N–H and O–H groups in total. The Kier molecular flexibility index (Phi) is 4.12. The molecule has 0 aliphatic heterocycles. The predicted molar refractivity (Wildman–Crippen MR) is 106 cm³/mol. The third-order valence-corrected chi connectivity index (χ3v) is 4.95. The van der Waals surface area contributed by atoms with E-state index in [0.29, 0.717) is 30.3 Å². The van der Waals surface area contributed by atoms with Crippen molar-refractivity contribution in [3.8, 4) is 11.3 Å². The molecule has 5 rings (SSSR count). The fourth-order valence-electron chi connectivity index (χ4n) is 3.26. The first kappa shape index (κ1) is 16.7. The minimum atomic E-state index is 0.0401. The highest BCUT2D eigenvalue weighted by Gasteiger charge is 2.24. The zero-order valence-corrected chi connectivity index (χ0v) is 15.3. The second kappa shape index (κ2) is 6.92. The number of benzene rings is 1. The molecule has 7 heteroatoms. The quantitative estimate of drug-likeness (QED) is 0.563. The number of fused-ring (bicyclic) bond motifs is 1. The maximum atomic E-state index is 12.2. The van der Waals surface area contributed by atoms with Crippen molar-refractivity contribution in [1.29, 1.82) is 0 Å². The molecule has 1 fully saturated rings. The molecule has 0 bridgehead atoms. The first-order valence-corrected chi connectivity index (χ1v) is 9.44. The van der Waals surface area contributed by atoms with Gasteiger partial charge in [-0.05, 0) is 24.3 Å². The number of rotatable bonds is 6. The van der Waals surface area contributed by atoms with E-state index in [9.17, 15) is 4.79 Å². The van der Waals surface area contributed by atoms with E-state index >= 15 is 0 Å². The first-order chi connectivity index (χ1) is 13.7. The van der Waals surface area contributed by atoms with Crippen molar-refractivity contribution in [3.63, 3.8) is 0 Å². The Labute approximate surface area is 162 Å². The monoisotopic (exact) mass is 372 g/mol. The van der Waals surface area contributed by atoms with Crippen LogP contribution < -0.4 is 5.32 Å². The van der Waals surface area contributed by atoms with Gasteiger partial charge in [0.25, 0.3) is 0 Å². The van der Waals surface area contributed by atoms with Gasteiger partial charge in [0.05, 0.1) is 30.8 Å². The van der Waals surface area contributed by atoms with Crippen LogP contribution in [0, 0.1) is 5.92 Å². The smallest absolute Gasteiger partial charge is 0.225 e. The summed E-state index contributed by atoms with van der Waals surface area (Å²) in [6.45, 7) is 0.705. The highest BCUT2D eigenvalue weighted by atomic mass is 16.1. The Morgan fingerprint density at radius 2 is 1.93 bits per heavy atom. The molecule has 140 valence electrons. The Bertz CT molecular complexity index is 1130. The maximum absolute atomic E-state index is 12.2. The second-order valence-electron chi connectivity index (χ2n) is 7.25. The van der Waals surface area contributed by atoms with Crippen LogP contribution in [0.3, 0.4) is 0 Å². The van der Waals surface area contributed by atoms with Crippen molar-refractivity contribution in [2.24, 2.45) is 5.92 Å². The van der Waals surface area contributed by atoms with E-state index in [1.165, 1.54) is 5.56 Å². The molecule has 1 aliphatic carbocycles. The number of hydrogen-bond acceptors (Lipinski definition) is 4. The van der Waals surface area contributed by atoms with Gasteiger partial charge in [-0.25, -0.2) is 4.98 Å². The number of amides is 1. The summed E-state index contributed by atoms with van der Waals surface area (Å²) in [4.78, 5) is 21.0. The summed E-state index contributed by atoms with van der Waals surface area (Å²) in [5.41, 5.74) is 3.59. The van der Waals surface area contributed by atoms with Crippen LogP contribution in [0.1, 0.15) is 24.8 Å². The van der Waals surface area contributed by atoms with Crippen LogP contribution in [-0.2, 0) is 11.3 Å². The van der Waals surface area contributed by atoms with E-state index in [1.54, 1.807) is 18.6 Å². The standard InChI is InChI=1S/C21H20N6O/c28-21(8-15-6-7-15)25-20-11-23-19-10-22-18(14-27(19)20)17-9-24-26(13-17)12-16-4-2-1-3-5-16/h1-5,9-11,13-15H,6-8,12H2,(H,25,28). The Morgan fingerprint density at radius 3 is 2.75 bits per heavy atom. The largest absolute Gasteiger partial charge is 0.310 e. The van der Waals surface area contributed by atoms with Gasteiger partial charge >= 0.3 is 0 Å². The molecule has 3 heterocycles. The minimum absolute atomic E-state index is 0.0401. The van der Waals surface area contributed by atoms with Crippen molar-refractivity contribution < 1.29 is 4.79 Å². The first-order valence-electron chi connectivity index (χ1n) is 9.44. The lowest BCUT2D eigenvalue weighted by molar-refractivity contribution is -0.116. The van der Waals surface area contributed by atoms with Gasteiger partial charge in [-0.15, -0.1) is 0 Å². The molecule has 0 radical (unpaired) electrons. The summed E-state index contributed by atoms with van der Waals surface area (Å²) in [6, 6.07) is 10.2. The average molecular weight is 372 g/mol. The molecule has 0 atom stereocenters. The molecule has 3 aromatic heterocycles. The number of hydrogen-bond donors (Lipinski definition) is 1. The Hall–Kier alpha value is -3.48. The van der Waals surface area contributed by atoms with E-state index in [-0.39, 0.29) is 5.91 Å². The summed E-state index contributed by atoms with van der Waals surface area (Å²) in [5.74, 6) is 1.26. The summed E-state index contributed by atoms with van der Waals surface area (Å²) in [7, 11) is 0. The molecule has 0 unspecified atom stereocenters. The van der Waals surface area contributed by atoms with Crippen LogP contribution in [0.5, 0.6) is 0 Å². The van der Waals surface area contributed by atoms with Gasteiger partial charge in [0, 0.05) is 24.4 Å². The Balaban J connectivity index is 1.38. The maximum Gasteiger partial charge on any atom is 0.225 e. The summed E-state index contributed by atoms with van der Waals surface area (Å²) in [6.07, 6.45) is 11.9. The topological polar surface area (TPSA) is 77.1 Å². The lowest BCUT2D eigenvalue weighted by atomic mass is 10.2. The SMILES string of the molecule is O=C(CC1CC1)Nc1cnc2cnc(-c3cnn(Cc4ccccc4)c3)cn12. The number of imidazole rings is 1.